The molecule has 0 aromatic heterocycles. The molecule has 2 fully saturated rings. The van der Waals surface area contributed by atoms with Gasteiger partial charge in [-0.1, -0.05) is 36.0 Å². The summed E-state index contributed by atoms with van der Waals surface area (Å²) in [6.07, 6.45) is 1.92. The molecule has 2 aromatic rings. The summed E-state index contributed by atoms with van der Waals surface area (Å²) >= 11 is 1.29. The van der Waals surface area contributed by atoms with Crippen molar-refractivity contribution < 1.29 is 14.0 Å². The number of aliphatic imine (C=N–C) groups is 1. The number of rotatable bonds is 5. The van der Waals surface area contributed by atoms with Gasteiger partial charge in [-0.15, -0.1) is 0 Å². The van der Waals surface area contributed by atoms with Crippen LogP contribution in [-0.4, -0.2) is 33.2 Å². The maximum atomic E-state index is 13.9. The summed E-state index contributed by atoms with van der Waals surface area (Å²) < 4.78 is 13.9. The lowest BCUT2D eigenvalue weighted by Gasteiger charge is -2.15. The Balaban J connectivity index is 1.51. The molecule has 1 atom stereocenters. The number of benzene rings is 2. The van der Waals surface area contributed by atoms with Crippen molar-refractivity contribution in [3.8, 4) is 0 Å². The second kappa shape index (κ2) is 7.99. The van der Waals surface area contributed by atoms with Crippen molar-refractivity contribution in [3.05, 3.63) is 59.4 Å². The Morgan fingerprint density at radius 1 is 1.21 bits per heavy atom. The Kier molecular flexibility index (Phi) is 5.41. The summed E-state index contributed by atoms with van der Waals surface area (Å²) in [5.74, 6) is -0.624. The molecular formula is C22H22FN3O2S. The van der Waals surface area contributed by atoms with Crippen molar-refractivity contribution in [3.63, 3.8) is 0 Å². The molecule has 1 saturated heterocycles. The summed E-state index contributed by atoms with van der Waals surface area (Å²) in [5.41, 5.74) is 2.73. The molecule has 2 aliphatic rings. The molecule has 1 aliphatic heterocycles. The van der Waals surface area contributed by atoms with E-state index in [4.69, 9.17) is 0 Å². The number of nitrogens with zero attached hydrogens (tertiary/aromatic N) is 2. The van der Waals surface area contributed by atoms with Gasteiger partial charge in [0.25, 0.3) is 0 Å². The third-order valence-electron chi connectivity index (χ3n) is 5.05. The van der Waals surface area contributed by atoms with Crippen LogP contribution >= 0.6 is 11.8 Å². The quantitative estimate of drug-likeness (QED) is 0.784. The van der Waals surface area contributed by atoms with E-state index in [1.807, 2.05) is 31.2 Å². The van der Waals surface area contributed by atoms with Crippen molar-refractivity contribution in [1.29, 1.82) is 0 Å². The van der Waals surface area contributed by atoms with E-state index in [0.29, 0.717) is 16.4 Å². The van der Waals surface area contributed by atoms with Crippen LogP contribution in [-0.2, 0) is 9.59 Å². The van der Waals surface area contributed by atoms with Crippen molar-refractivity contribution in [1.82, 2.24) is 4.90 Å². The highest BCUT2D eigenvalue weighted by molar-refractivity contribution is 8.15. The summed E-state index contributed by atoms with van der Waals surface area (Å²) in [6.45, 7) is 3.62. The smallest absolute Gasteiger partial charge is 0.242 e. The Bertz CT molecular complexity index is 1000. The monoisotopic (exact) mass is 411 g/mol. The molecule has 1 heterocycles. The third kappa shape index (κ3) is 4.34. The highest BCUT2D eigenvalue weighted by Crippen LogP contribution is 2.39. The molecule has 150 valence electrons. The number of aryl methyl sites for hydroxylation is 2. The average molecular weight is 412 g/mol. The van der Waals surface area contributed by atoms with Crippen molar-refractivity contribution in [2.75, 3.05) is 5.32 Å². The van der Waals surface area contributed by atoms with E-state index >= 15 is 0 Å². The van der Waals surface area contributed by atoms with E-state index in [-0.39, 0.29) is 30.1 Å². The molecule has 2 amide bonds. The predicted molar refractivity (Wildman–Crippen MR) is 114 cm³/mol. The molecule has 5 nitrogen and oxygen atoms in total. The van der Waals surface area contributed by atoms with E-state index in [9.17, 15) is 14.0 Å². The van der Waals surface area contributed by atoms with Gasteiger partial charge in [0, 0.05) is 18.2 Å². The Morgan fingerprint density at radius 2 is 1.97 bits per heavy atom. The van der Waals surface area contributed by atoms with Crippen molar-refractivity contribution in [2.24, 2.45) is 4.99 Å². The second-order valence-electron chi connectivity index (χ2n) is 7.44. The molecule has 1 N–H and O–H groups in total. The third-order valence-corrected chi connectivity index (χ3v) is 6.20. The number of hydrogen-bond acceptors (Lipinski definition) is 4. The van der Waals surface area contributed by atoms with Crippen molar-refractivity contribution in [2.45, 2.75) is 44.4 Å². The van der Waals surface area contributed by atoms with E-state index in [0.717, 1.165) is 24.1 Å². The minimum atomic E-state index is -0.520. The van der Waals surface area contributed by atoms with Crippen LogP contribution in [0.15, 0.2) is 47.5 Å². The normalized spacial score (nSPS) is 20.4. The van der Waals surface area contributed by atoms with E-state index in [1.165, 1.54) is 17.8 Å². The fourth-order valence-corrected chi connectivity index (χ4v) is 4.42. The Morgan fingerprint density at radius 3 is 2.66 bits per heavy atom. The minimum absolute atomic E-state index is 0.0718. The van der Waals surface area contributed by atoms with Gasteiger partial charge in [-0.2, -0.15) is 0 Å². The van der Waals surface area contributed by atoms with Crippen LogP contribution in [0, 0.1) is 19.7 Å². The highest BCUT2D eigenvalue weighted by Gasteiger charge is 2.46. The first-order valence-corrected chi connectivity index (χ1v) is 10.5. The zero-order chi connectivity index (χ0) is 20.5. The molecule has 4 rings (SSSR count). The molecule has 29 heavy (non-hydrogen) atoms. The lowest BCUT2D eigenvalue weighted by molar-refractivity contribution is -0.128. The van der Waals surface area contributed by atoms with E-state index < -0.39 is 5.25 Å². The van der Waals surface area contributed by atoms with Crippen LogP contribution in [0.5, 0.6) is 0 Å². The standard InChI is InChI=1S/C22H22FN3O2S/c1-13-7-8-15(11-17(13)23)24-22-26(16-9-10-16)21(28)19(29-22)12-20(27)25-18-6-4-3-5-14(18)2/h3-8,11,16,19H,9-10,12H2,1-2H3,(H,25,27)/t19-/m1/s1. The lowest BCUT2D eigenvalue weighted by Crippen LogP contribution is -2.35. The number of hydrogen-bond donors (Lipinski definition) is 1. The van der Waals surface area contributed by atoms with E-state index in [1.54, 1.807) is 24.0 Å². The van der Waals surface area contributed by atoms with Gasteiger partial charge < -0.3 is 5.32 Å². The molecule has 0 spiro atoms. The molecule has 2 aromatic carbocycles. The summed E-state index contributed by atoms with van der Waals surface area (Å²) in [4.78, 5) is 31.7. The number of thioether (sulfide) groups is 1. The lowest BCUT2D eigenvalue weighted by atomic mass is 10.2. The van der Waals surface area contributed by atoms with Crippen LogP contribution < -0.4 is 5.32 Å². The van der Waals surface area contributed by atoms with Crippen LogP contribution in [0.3, 0.4) is 0 Å². The van der Waals surface area contributed by atoms with Gasteiger partial charge in [-0.25, -0.2) is 9.38 Å². The summed E-state index contributed by atoms with van der Waals surface area (Å²) in [6, 6.07) is 12.4. The molecular weight excluding hydrogens is 389 g/mol. The first-order chi connectivity index (χ1) is 13.9. The minimum Gasteiger partial charge on any atom is -0.326 e. The molecule has 1 saturated carbocycles. The zero-order valence-electron chi connectivity index (χ0n) is 16.3. The molecule has 1 aliphatic carbocycles. The number of para-hydroxylation sites is 1. The largest absolute Gasteiger partial charge is 0.326 e. The van der Waals surface area contributed by atoms with Crippen LogP contribution in [0.1, 0.15) is 30.4 Å². The summed E-state index contributed by atoms with van der Waals surface area (Å²) in [7, 11) is 0. The topological polar surface area (TPSA) is 61.8 Å². The number of amidine groups is 1. The van der Waals surface area contributed by atoms with Crippen LogP contribution in [0.25, 0.3) is 0 Å². The maximum Gasteiger partial charge on any atom is 0.242 e. The first kappa shape index (κ1) is 19.6. The van der Waals surface area contributed by atoms with Crippen LogP contribution in [0.2, 0.25) is 0 Å². The first-order valence-electron chi connectivity index (χ1n) is 9.62. The van der Waals surface area contributed by atoms with Crippen LogP contribution in [0.4, 0.5) is 15.8 Å². The van der Waals surface area contributed by atoms with Gasteiger partial charge in [-0.3, -0.25) is 14.5 Å². The number of carbonyl (C=O) groups is 2. The second-order valence-corrected chi connectivity index (χ2v) is 8.61. The number of halogens is 1. The number of carbonyl (C=O) groups excluding carboxylic acids is 2. The fraction of sp³-hybridized carbons (Fsp3) is 0.318. The number of amides is 2. The van der Waals surface area contributed by atoms with Gasteiger partial charge in [-0.05, 0) is 56.0 Å². The van der Waals surface area contributed by atoms with Gasteiger partial charge in [0.1, 0.15) is 11.1 Å². The zero-order valence-corrected chi connectivity index (χ0v) is 17.1. The van der Waals surface area contributed by atoms with Crippen molar-refractivity contribution >= 4 is 40.1 Å². The van der Waals surface area contributed by atoms with Gasteiger partial charge >= 0.3 is 0 Å². The summed E-state index contributed by atoms with van der Waals surface area (Å²) in [5, 5.41) is 2.91. The Labute approximate surface area is 173 Å². The Hall–Kier alpha value is -2.67. The fourth-order valence-electron chi connectivity index (χ4n) is 3.21. The predicted octanol–water partition coefficient (Wildman–Crippen LogP) is 4.57. The molecule has 7 heteroatoms. The number of nitrogens with one attached hydrogen (secondary N) is 1. The molecule has 0 radical (unpaired) electrons. The van der Waals surface area contributed by atoms with Gasteiger partial charge in [0.2, 0.25) is 11.8 Å². The SMILES string of the molecule is Cc1ccc(N=C2S[C@H](CC(=O)Nc3ccccc3C)C(=O)N2C2CC2)cc1F. The highest BCUT2D eigenvalue weighted by atomic mass is 32.2. The molecule has 0 unspecified atom stereocenters. The van der Waals surface area contributed by atoms with Gasteiger partial charge in [0.15, 0.2) is 5.17 Å². The van der Waals surface area contributed by atoms with Gasteiger partial charge in [0.05, 0.1) is 5.69 Å². The average Bonchev–Trinajstić information content (AvgIpc) is 3.46. The van der Waals surface area contributed by atoms with E-state index in [2.05, 4.69) is 10.3 Å². The molecule has 0 bridgehead atoms. The maximum absolute atomic E-state index is 13.9. The number of anilines is 1.